The Labute approximate surface area is 139 Å². The van der Waals surface area contributed by atoms with Gasteiger partial charge in [0, 0.05) is 23.8 Å². The number of nitrogens with zero attached hydrogens (tertiary/aromatic N) is 2. The van der Waals surface area contributed by atoms with Crippen LogP contribution in [0.25, 0.3) is 0 Å². The molecule has 0 radical (unpaired) electrons. The predicted octanol–water partition coefficient (Wildman–Crippen LogP) is 4.46. The Kier molecular flexibility index (Phi) is 4.81. The van der Waals surface area contributed by atoms with Crippen LogP contribution in [0.4, 0.5) is 20.6 Å². The van der Waals surface area contributed by atoms with Crippen molar-refractivity contribution in [3.8, 4) is 0 Å². The van der Waals surface area contributed by atoms with Crippen molar-refractivity contribution in [3.63, 3.8) is 0 Å². The number of carbonyl (C=O) groups excluding carboxylic acids is 1. The summed E-state index contributed by atoms with van der Waals surface area (Å²) >= 11 is 0. The third kappa shape index (κ3) is 3.95. The van der Waals surface area contributed by atoms with E-state index in [1.165, 1.54) is 12.1 Å². The SMILES string of the molecule is O=C(Nc1ccccc1)N(Cc1cccnc1)c1ccc(F)cc1. The molecule has 0 aliphatic rings. The Hall–Kier alpha value is -3.21. The largest absolute Gasteiger partial charge is 0.326 e. The van der Waals surface area contributed by atoms with E-state index in [0.717, 1.165) is 5.56 Å². The molecular formula is C19H16FN3O. The maximum Gasteiger partial charge on any atom is 0.326 e. The van der Waals surface area contributed by atoms with Gasteiger partial charge in [0.15, 0.2) is 0 Å². The number of carbonyl (C=O) groups is 1. The summed E-state index contributed by atoms with van der Waals surface area (Å²) in [6, 6.07) is 18.4. The molecule has 1 N–H and O–H groups in total. The summed E-state index contributed by atoms with van der Waals surface area (Å²) in [6.45, 7) is 0.331. The van der Waals surface area contributed by atoms with Gasteiger partial charge >= 0.3 is 6.03 Å². The fourth-order valence-electron chi connectivity index (χ4n) is 2.29. The first-order valence-electron chi connectivity index (χ1n) is 7.50. The van der Waals surface area contributed by atoms with Crippen LogP contribution >= 0.6 is 0 Å². The van der Waals surface area contributed by atoms with Gasteiger partial charge in [0.1, 0.15) is 5.82 Å². The number of halogens is 1. The maximum atomic E-state index is 13.2. The minimum Gasteiger partial charge on any atom is -0.308 e. The van der Waals surface area contributed by atoms with Crippen LogP contribution < -0.4 is 10.2 Å². The third-order valence-electron chi connectivity index (χ3n) is 3.47. The van der Waals surface area contributed by atoms with Crippen molar-refractivity contribution in [3.05, 3.63) is 90.5 Å². The van der Waals surface area contributed by atoms with Crippen molar-refractivity contribution in [2.24, 2.45) is 0 Å². The third-order valence-corrected chi connectivity index (χ3v) is 3.47. The number of hydrogen-bond donors (Lipinski definition) is 1. The molecular weight excluding hydrogens is 305 g/mol. The lowest BCUT2D eigenvalue weighted by atomic mass is 10.2. The quantitative estimate of drug-likeness (QED) is 0.771. The summed E-state index contributed by atoms with van der Waals surface area (Å²) in [5.41, 5.74) is 2.18. The summed E-state index contributed by atoms with van der Waals surface area (Å²) in [7, 11) is 0. The van der Waals surface area contributed by atoms with E-state index in [9.17, 15) is 9.18 Å². The number of aromatic nitrogens is 1. The molecule has 2 aromatic carbocycles. The fourth-order valence-corrected chi connectivity index (χ4v) is 2.29. The van der Waals surface area contributed by atoms with Crippen LogP contribution in [-0.2, 0) is 6.54 Å². The van der Waals surface area contributed by atoms with Gasteiger partial charge in [0.25, 0.3) is 0 Å². The van der Waals surface area contributed by atoms with E-state index in [2.05, 4.69) is 10.3 Å². The van der Waals surface area contributed by atoms with Gasteiger partial charge in [0.2, 0.25) is 0 Å². The average molecular weight is 321 g/mol. The molecule has 0 fully saturated rings. The van der Waals surface area contributed by atoms with Crippen LogP contribution in [0.1, 0.15) is 5.56 Å². The van der Waals surface area contributed by atoms with E-state index in [-0.39, 0.29) is 11.8 Å². The minimum absolute atomic E-state index is 0.295. The molecule has 1 heterocycles. The molecule has 0 aliphatic heterocycles. The number of rotatable bonds is 4. The molecule has 0 bridgehead atoms. The van der Waals surface area contributed by atoms with E-state index >= 15 is 0 Å². The molecule has 0 unspecified atom stereocenters. The zero-order chi connectivity index (χ0) is 16.8. The highest BCUT2D eigenvalue weighted by Gasteiger charge is 2.16. The van der Waals surface area contributed by atoms with Gasteiger partial charge in [-0.2, -0.15) is 0 Å². The number of nitrogens with one attached hydrogen (secondary N) is 1. The highest BCUT2D eigenvalue weighted by Crippen LogP contribution is 2.19. The van der Waals surface area contributed by atoms with Gasteiger partial charge in [-0.1, -0.05) is 24.3 Å². The fraction of sp³-hybridized carbons (Fsp3) is 0.0526. The lowest BCUT2D eigenvalue weighted by Gasteiger charge is -2.23. The number of pyridine rings is 1. The number of urea groups is 1. The Balaban J connectivity index is 1.86. The zero-order valence-electron chi connectivity index (χ0n) is 12.9. The molecule has 120 valence electrons. The first-order valence-corrected chi connectivity index (χ1v) is 7.50. The van der Waals surface area contributed by atoms with Crippen molar-refractivity contribution >= 4 is 17.4 Å². The van der Waals surface area contributed by atoms with Gasteiger partial charge in [-0.3, -0.25) is 9.88 Å². The maximum absolute atomic E-state index is 13.2. The lowest BCUT2D eigenvalue weighted by Crippen LogP contribution is -2.34. The van der Waals surface area contributed by atoms with Crippen molar-refractivity contribution in [2.75, 3.05) is 10.2 Å². The zero-order valence-corrected chi connectivity index (χ0v) is 12.9. The monoisotopic (exact) mass is 321 g/mol. The predicted molar refractivity (Wildman–Crippen MR) is 92.3 cm³/mol. The topological polar surface area (TPSA) is 45.2 Å². The number of hydrogen-bond acceptors (Lipinski definition) is 2. The number of anilines is 2. The van der Waals surface area contributed by atoms with Gasteiger partial charge in [-0.05, 0) is 48.0 Å². The van der Waals surface area contributed by atoms with E-state index in [0.29, 0.717) is 17.9 Å². The standard InChI is InChI=1S/C19H16FN3O/c20-16-8-10-18(11-9-16)23(14-15-5-4-12-21-13-15)19(24)22-17-6-2-1-3-7-17/h1-13H,14H2,(H,22,24). The van der Waals surface area contributed by atoms with Gasteiger partial charge in [-0.25, -0.2) is 9.18 Å². The average Bonchev–Trinajstić information content (AvgIpc) is 2.62. The van der Waals surface area contributed by atoms with E-state index in [4.69, 9.17) is 0 Å². The highest BCUT2D eigenvalue weighted by atomic mass is 19.1. The molecule has 5 heteroatoms. The summed E-state index contributed by atoms with van der Waals surface area (Å²) in [5.74, 6) is -0.344. The Morgan fingerprint density at radius 2 is 1.75 bits per heavy atom. The van der Waals surface area contributed by atoms with E-state index < -0.39 is 0 Å². The molecule has 3 aromatic rings. The van der Waals surface area contributed by atoms with Crippen molar-refractivity contribution < 1.29 is 9.18 Å². The van der Waals surface area contributed by atoms with E-state index in [1.807, 2.05) is 42.5 Å². The first-order chi connectivity index (χ1) is 11.7. The Morgan fingerprint density at radius 1 is 1.00 bits per heavy atom. The van der Waals surface area contributed by atoms with Crippen LogP contribution in [0.15, 0.2) is 79.1 Å². The molecule has 0 aliphatic carbocycles. The van der Waals surface area contributed by atoms with Gasteiger partial charge < -0.3 is 5.32 Å². The van der Waals surface area contributed by atoms with Crippen molar-refractivity contribution in [1.29, 1.82) is 0 Å². The summed E-state index contributed by atoms with van der Waals surface area (Å²) < 4.78 is 13.2. The number of amides is 2. The molecule has 2 amide bonds. The number of para-hydroxylation sites is 1. The molecule has 0 saturated carbocycles. The second kappa shape index (κ2) is 7.37. The molecule has 3 rings (SSSR count). The van der Waals surface area contributed by atoms with Crippen LogP contribution in [0, 0.1) is 5.82 Å². The van der Waals surface area contributed by atoms with Gasteiger partial charge in [-0.15, -0.1) is 0 Å². The first kappa shape index (κ1) is 15.7. The minimum atomic E-state index is -0.344. The van der Waals surface area contributed by atoms with Crippen LogP contribution in [-0.4, -0.2) is 11.0 Å². The molecule has 1 aromatic heterocycles. The molecule has 0 saturated heterocycles. The van der Waals surface area contributed by atoms with Crippen LogP contribution in [0.2, 0.25) is 0 Å². The lowest BCUT2D eigenvalue weighted by molar-refractivity contribution is 0.256. The molecule has 0 spiro atoms. The molecule has 4 nitrogen and oxygen atoms in total. The summed E-state index contributed by atoms with van der Waals surface area (Å²) in [4.78, 5) is 18.3. The Bertz CT molecular complexity index is 792. The number of benzene rings is 2. The van der Waals surface area contributed by atoms with Crippen LogP contribution in [0.5, 0.6) is 0 Å². The Morgan fingerprint density at radius 3 is 2.42 bits per heavy atom. The van der Waals surface area contributed by atoms with Crippen LogP contribution in [0.3, 0.4) is 0 Å². The molecule has 24 heavy (non-hydrogen) atoms. The molecule has 0 atom stereocenters. The van der Waals surface area contributed by atoms with Gasteiger partial charge in [0.05, 0.1) is 6.54 Å². The second-order valence-corrected chi connectivity index (χ2v) is 5.22. The van der Waals surface area contributed by atoms with Crippen molar-refractivity contribution in [2.45, 2.75) is 6.54 Å². The smallest absolute Gasteiger partial charge is 0.308 e. The van der Waals surface area contributed by atoms with Crippen molar-refractivity contribution in [1.82, 2.24) is 4.98 Å². The normalized spacial score (nSPS) is 10.2. The summed E-state index contributed by atoms with van der Waals surface area (Å²) in [5, 5.41) is 2.85. The van der Waals surface area contributed by atoms with E-state index in [1.54, 1.807) is 29.4 Å². The second-order valence-electron chi connectivity index (χ2n) is 5.22. The highest BCUT2D eigenvalue weighted by molar-refractivity contribution is 6.01. The summed E-state index contributed by atoms with van der Waals surface area (Å²) in [6.07, 6.45) is 3.38.